The van der Waals surface area contributed by atoms with Gasteiger partial charge in [0.05, 0.1) is 18.1 Å². The van der Waals surface area contributed by atoms with Gasteiger partial charge in [0.2, 0.25) is 0 Å². The van der Waals surface area contributed by atoms with Gasteiger partial charge in [-0.3, -0.25) is 9.59 Å². The summed E-state index contributed by atoms with van der Waals surface area (Å²) in [6.45, 7) is 2.08. The minimum Gasteiger partial charge on any atom is -0.481 e. The van der Waals surface area contributed by atoms with Crippen molar-refractivity contribution in [3.8, 4) is 0 Å². The van der Waals surface area contributed by atoms with E-state index in [0.29, 0.717) is 24.8 Å². The SMILES string of the molecule is CCCCCC(=O)CC[C@@H]1[C@H](CC(=O)O)[C@H](O)C[C@@H]1OC(=O)c1ccccc1. The number of carboxylic acids is 1. The Morgan fingerprint density at radius 3 is 2.43 bits per heavy atom. The highest BCUT2D eigenvalue weighted by Crippen LogP contribution is 2.40. The molecule has 1 aromatic carbocycles. The summed E-state index contributed by atoms with van der Waals surface area (Å²) in [5.74, 6) is -2.22. The summed E-state index contributed by atoms with van der Waals surface area (Å²) >= 11 is 0. The maximum atomic E-state index is 12.4. The Bertz CT molecular complexity index is 656. The van der Waals surface area contributed by atoms with Crippen LogP contribution >= 0.6 is 0 Å². The van der Waals surface area contributed by atoms with E-state index in [-0.39, 0.29) is 24.5 Å². The number of hydrogen-bond donors (Lipinski definition) is 2. The van der Waals surface area contributed by atoms with Crippen molar-refractivity contribution < 1.29 is 29.3 Å². The van der Waals surface area contributed by atoms with Crippen LogP contribution in [0.2, 0.25) is 0 Å². The van der Waals surface area contributed by atoms with Crippen molar-refractivity contribution in [1.82, 2.24) is 0 Å². The van der Waals surface area contributed by atoms with E-state index in [4.69, 9.17) is 4.74 Å². The summed E-state index contributed by atoms with van der Waals surface area (Å²) in [5, 5.41) is 19.6. The average molecular weight is 390 g/mol. The first-order chi connectivity index (χ1) is 13.4. The topological polar surface area (TPSA) is 101 Å². The highest BCUT2D eigenvalue weighted by molar-refractivity contribution is 5.89. The van der Waals surface area contributed by atoms with Gasteiger partial charge in [0.1, 0.15) is 11.9 Å². The van der Waals surface area contributed by atoms with Crippen LogP contribution in [0.3, 0.4) is 0 Å². The Kier molecular flexibility index (Phi) is 8.64. The maximum absolute atomic E-state index is 12.4. The normalized spacial score (nSPS) is 24.1. The molecule has 28 heavy (non-hydrogen) atoms. The highest BCUT2D eigenvalue weighted by Gasteiger charge is 2.45. The monoisotopic (exact) mass is 390 g/mol. The molecule has 1 aromatic rings. The highest BCUT2D eigenvalue weighted by atomic mass is 16.5. The quantitative estimate of drug-likeness (QED) is 0.442. The molecule has 0 heterocycles. The Hall–Kier alpha value is -2.21. The number of ether oxygens (including phenoxy) is 1. The molecule has 0 bridgehead atoms. The molecule has 0 aliphatic heterocycles. The molecule has 154 valence electrons. The molecule has 2 N–H and O–H groups in total. The Labute approximate surface area is 165 Å². The van der Waals surface area contributed by atoms with Crippen LogP contribution in [-0.2, 0) is 14.3 Å². The second-order valence-corrected chi connectivity index (χ2v) is 7.57. The molecule has 0 amide bonds. The molecule has 0 saturated heterocycles. The van der Waals surface area contributed by atoms with E-state index in [1.165, 1.54) is 0 Å². The zero-order chi connectivity index (χ0) is 20.5. The first-order valence-corrected chi connectivity index (χ1v) is 10.1. The molecular formula is C22H30O6. The van der Waals surface area contributed by atoms with Gasteiger partial charge in [-0.1, -0.05) is 38.0 Å². The number of carbonyl (C=O) groups is 3. The number of esters is 1. The third-order valence-corrected chi connectivity index (χ3v) is 5.49. The number of aliphatic hydroxyl groups excluding tert-OH is 1. The summed E-state index contributed by atoms with van der Waals surface area (Å²) in [5.41, 5.74) is 0.410. The van der Waals surface area contributed by atoms with Crippen LogP contribution in [0.1, 0.15) is 68.6 Å². The zero-order valence-electron chi connectivity index (χ0n) is 16.4. The molecule has 2 rings (SSSR count). The number of carboxylic acid groups (broad SMARTS) is 1. The van der Waals surface area contributed by atoms with Gasteiger partial charge in [0, 0.05) is 31.1 Å². The first kappa shape index (κ1) is 22.1. The number of hydrogen-bond acceptors (Lipinski definition) is 5. The Morgan fingerprint density at radius 2 is 1.79 bits per heavy atom. The van der Waals surface area contributed by atoms with Crippen LogP contribution < -0.4 is 0 Å². The smallest absolute Gasteiger partial charge is 0.338 e. The molecule has 6 heteroatoms. The number of unbranched alkanes of at least 4 members (excludes halogenated alkanes) is 2. The van der Waals surface area contributed by atoms with E-state index in [9.17, 15) is 24.6 Å². The van der Waals surface area contributed by atoms with E-state index in [0.717, 1.165) is 19.3 Å². The number of Topliss-reactive ketones (excluding diaryl/α,β-unsaturated/α-hetero) is 1. The van der Waals surface area contributed by atoms with Gasteiger partial charge in [0.15, 0.2) is 0 Å². The van der Waals surface area contributed by atoms with Crippen LogP contribution in [0.25, 0.3) is 0 Å². The summed E-state index contributed by atoms with van der Waals surface area (Å²) in [6, 6.07) is 8.56. The van der Waals surface area contributed by atoms with E-state index < -0.39 is 30.1 Å². The Morgan fingerprint density at radius 1 is 1.07 bits per heavy atom. The third-order valence-electron chi connectivity index (χ3n) is 5.49. The van der Waals surface area contributed by atoms with Crippen molar-refractivity contribution in [1.29, 1.82) is 0 Å². The molecule has 0 aromatic heterocycles. The van der Waals surface area contributed by atoms with Gasteiger partial charge in [-0.05, 0) is 25.0 Å². The summed E-state index contributed by atoms with van der Waals surface area (Å²) in [6.07, 6.45) is 2.71. The van der Waals surface area contributed by atoms with Gasteiger partial charge < -0.3 is 14.9 Å². The standard InChI is InChI=1S/C22H30O6/c1-2-3-5-10-16(23)11-12-17-18(13-21(25)26)19(24)14-20(17)28-22(27)15-8-6-4-7-9-15/h4,6-9,17-20,24H,2-3,5,10-14H2,1H3,(H,25,26)/t17-,18+,19-,20+/m1/s1. The fourth-order valence-corrected chi connectivity index (χ4v) is 3.98. The summed E-state index contributed by atoms with van der Waals surface area (Å²) in [4.78, 5) is 35.8. The lowest BCUT2D eigenvalue weighted by atomic mass is 9.86. The van der Waals surface area contributed by atoms with E-state index in [2.05, 4.69) is 6.92 Å². The molecule has 0 spiro atoms. The van der Waals surface area contributed by atoms with Crippen LogP contribution in [0.5, 0.6) is 0 Å². The fourth-order valence-electron chi connectivity index (χ4n) is 3.98. The average Bonchev–Trinajstić information content (AvgIpc) is 2.95. The first-order valence-electron chi connectivity index (χ1n) is 10.1. The molecule has 6 nitrogen and oxygen atoms in total. The number of ketones is 1. The molecule has 1 saturated carbocycles. The molecule has 0 radical (unpaired) electrons. The Balaban J connectivity index is 2.03. The van der Waals surface area contributed by atoms with Crippen molar-refractivity contribution in [3.63, 3.8) is 0 Å². The van der Waals surface area contributed by atoms with Gasteiger partial charge in [-0.25, -0.2) is 4.79 Å². The van der Waals surface area contributed by atoms with Gasteiger partial charge in [0.25, 0.3) is 0 Å². The number of aliphatic hydroxyl groups is 1. The van der Waals surface area contributed by atoms with E-state index in [1.807, 2.05) is 0 Å². The lowest BCUT2D eigenvalue weighted by Gasteiger charge is -2.24. The second kappa shape index (κ2) is 11.0. The predicted molar refractivity (Wildman–Crippen MR) is 104 cm³/mol. The number of rotatable bonds is 11. The van der Waals surface area contributed by atoms with Crippen molar-refractivity contribution >= 4 is 17.7 Å². The van der Waals surface area contributed by atoms with Crippen LogP contribution in [0, 0.1) is 11.8 Å². The van der Waals surface area contributed by atoms with Crippen LogP contribution in [0.4, 0.5) is 0 Å². The molecule has 0 unspecified atom stereocenters. The van der Waals surface area contributed by atoms with Crippen molar-refractivity contribution in [2.45, 2.75) is 70.5 Å². The zero-order valence-corrected chi connectivity index (χ0v) is 16.4. The van der Waals surface area contributed by atoms with Gasteiger partial charge >= 0.3 is 11.9 Å². The van der Waals surface area contributed by atoms with Crippen molar-refractivity contribution in [2.24, 2.45) is 11.8 Å². The van der Waals surface area contributed by atoms with Crippen LogP contribution in [-0.4, -0.2) is 40.1 Å². The second-order valence-electron chi connectivity index (χ2n) is 7.57. The van der Waals surface area contributed by atoms with Crippen molar-refractivity contribution in [3.05, 3.63) is 35.9 Å². The largest absolute Gasteiger partial charge is 0.481 e. The third kappa shape index (κ3) is 6.44. The minimum atomic E-state index is -1.00. The van der Waals surface area contributed by atoms with Crippen molar-refractivity contribution in [2.75, 3.05) is 0 Å². The molecule has 1 fully saturated rings. The molecule has 1 aliphatic rings. The van der Waals surface area contributed by atoms with Gasteiger partial charge in [-0.2, -0.15) is 0 Å². The maximum Gasteiger partial charge on any atom is 0.338 e. The summed E-state index contributed by atoms with van der Waals surface area (Å²) < 4.78 is 5.62. The van der Waals surface area contributed by atoms with E-state index in [1.54, 1.807) is 30.3 Å². The molecular weight excluding hydrogens is 360 g/mol. The minimum absolute atomic E-state index is 0.136. The predicted octanol–water partition coefficient (Wildman–Crippen LogP) is 3.61. The number of benzene rings is 1. The number of carbonyl (C=O) groups excluding carboxylic acids is 2. The lowest BCUT2D eigenvalue weighted by molar-refractivity contribution is -0.139. The van der Waals surface area contributed by atoms with E-state index >= 15 is 0 Å². The van der Waals surface area contributed by atoms with Gasteiger partial charge in [-0.15, -0.1) is 0 Å². The fraction of sp³-hybridized carbons (Fsp3) is 0.591. The lowest BCUT2D eigenvalue weighted by Crippen LogP contribution is -2.28. The summed E-state index contributed by atoms with van der Waals surface area (Å²) in [7, 11) is 0. The number of aliphatic carboxylic acids is 1. The molecule has 1 aliphatic carbocycles. The van der Waals surface area contributed by atoms with Crippen LogP contribution in [0.15, 0.2) is 30.3 Å². The molecule has 4 atom stereocenters.